The number of aromatic nitrogens is 2. The quantitative estimate of drug-likeness (QED) is 0.868. The van der Waals surface area contributed by atoms with E-state index in [0.29, 0.717) is 5.92 Å². The molecule has 1 atom stereocenters. The smallest absolute Gasteiger partial charge is 0.323 e. The molecule has 118 valence electrons. The van der Waals surface area contributed by atoms with Crippen molar-refractivity contribution in [3.05, 3.63) is 10.8 Å². The largest absolute Gasteiger partial charge is 0.325 e. The van der Waals surface area contributed by atoms with Crippen molar-refractivity contribution in [2.24, 2.45) is 5.41 Å². The Kier molecular flexibility index (Phi) is 2.89. The highest BCUT2D eigenvalue weighted by Crippen LogP contribution is 2.49. The summed E-state index contributed by atoms with van der Waals surface area (Å²) in [6.45, 7) is 4.38. The summed E-state index contributed by atoms with van der Waals surface area (Å²) in [5.41, 5.74) is -0.928. The second kappa shape index (κ2) is 4.50. The summed E-state index contributed by atoms with van der Waals surface area (Å²) >= 11 is 1.30. The highest BCUT2D eigenvalue weighted by Gasteiger charge is 2.61. The average molecular weight is 320 g/mol. The Hall–Kier alpha value is -1.50. The van der Waals surface area contributed by atoms with Crippen molar-refractivity contribution in [3.63, 3.8) is 0 Å². The lowest BCUT2D eigenvalue weighted by Crippen LogP contribution is -2.54. The van der Waals surface area contributed by atoms with E-state index in [4.69, 9.17) is 0 Å². The van der Waals surface area contributed by atoms with E-state index in [1.165, 1.54) is 16.4 Å². The van der Waals surface area contributed by atoms with Crippen molar-refractivity contribution in [1.29, 1.82) is 0 Å². The molecule has 0 radical (unpaired) electrons. The SMILES string of the molecule is CC1(C)CCCC12NC(=O)N(Cc1nc(C3CC3)ns1)C2=O. The van der Waals surface area contributed by atoms with E-state index >= 15 is 0 Å². The Morgan fingerprint density at radius 1 is 1.32 bits per heavy atom. The number of rotatable bonds is 3. The second-order valence-corrected chi connectivity index (χ2v) is 8.12. The van der Waals surface area contributed by atoms with Crippen LogP contribution in [0.25, 0.3) is 0 Å². The van der Waals surface area contributed by atoms with Gasteiger partial charge in [-0.3, -0.25) is 9.69 Å². The molecule has 22 heavy (non-hydrogen) atoms. The molecule has 1 unspecified atom stereocenters. The molecule has 3 fully saturated rings. The standard InChI is InChI=1S/C15H20N4O2S/c1-14(2)6-3-7-15(14)12(20)19(13(21)17-15)8-10-16-11(18-22-10)9-4-5-9/h9H,3-8H2,1-2H3,(H,17,21). The number of imide groups is 1. The van der Waals surface area contributed by atoms with Gasteiger partial charge in [0.2, 0.25) is 0 Å². The third-order valence-corrected chi connectivity index (χ3v) is 6.11. The number of hydrogen-bond donors (Lipinski definition) is 1. The fourth-order valence-electron chi connectivity index (χ4n) is 3.72. The molecule has 6 nitrogen and oxygen atoms in total. The predicted molar refractivity (Wildman–Crippen MR) is 81.3 cm³/mol. The van der Waals surface area contributed by atoms with Gasteiger partial charge in [0.05, 0.1) is 6.54 Å². The van der Waals surface area contributed by atoms with Crippen LogP contribution in [0.3, 0.4) is 0 Å². The first-order valence-corrected chi connectivity index (χ1v) is 8.67. The van der Waals surface area contributed by atoms with Gasteiger partial charge in [0.1, 0.15) is 16.4 Å². The van der Waals surface area contributed by atoms with Gasteiger partial charge in [-0.25, -0.2) is 9.78 Å². The van der Waals surface area contributed by atoms with Crippen LogP contribution in [0.4, 0.5) is 4.79 Å². The maximum Gasteiger partial charge on any atom is 0.325 e. The molecule has 1 aliphatic heterocycles. The fourth-order valence-corrected chi connectivity index (χ4v) is 4.43. The minimum atomic E-state index is -0.728. The van der Waals surface area contributed by atoms with Gasteiger partial charge < -0.3 is 5.32 Å². The van der Waals surface area contributed by atoms with Crippen LogP contribution in [0.15, 0.2) is 0 Å². The maximum atomic E-state index is 12.9. The molecular weight excluding hydrogens is 300 g/mol. The van der Waals surface area contributed by atoms with Crippen LogP contribution < -0.4 is 5.32 Å². The first kappa shape index (κ1) is 14.1. The van der Waals surface area contributed by atoms with Crippen LogP contribution in [0.2, 0.25) is 0 Å². The summed E-state index contributed by atoms with van der Waals surface area (Å²) in [7, 11) is 0. The number of carbonyl (C=O) groups is 2. The monoisotopic (exact) mass is 320 g/mol. The molecule has 4 rings (SSSR count). The van der Waals surface area contributed by atoms with E-state index in [0.717, 1.165) is 42.9 Å². The second-order valence-electron chi connectivity index (χ2n) is 7.28. The van der Waals surface area contributed by atoms with Crippen molar-refractivity contribution in [3.8, 4) is 0 Å². The minimum absolute atomic E-state index is 0.0943. The van der Waals surface area contributed by atoms with E-state index in [1.807, 2.05) is 0 Å². The molecule has 1 saturated heterocycles. The number of amides is 3. The van der Waals surface area contributed by atoms with Gasteiger partial charge in [0.15, 0.2) is 0 Å². The number of urea groups is 1. The lowest BCUT2D eigenvalue weighted by molar-refractivity contribution is -0.134. The lowest BCUT2D eigenvalue weighted by Gasteiger charge is -2.35. The number of nitrogens with zero attached hydrogens (tertiary/aromatic N) is 3. The first-order valence-electron chi connectivity index (χ1n) is 7.90. The molecular formula is C15H20N4O2S. The third kappa shape index (κ3) is 1.91. The van der Waals surface area contributed by atoms with Crippen LogP contribution in [0, 0.1) is 5.41 Å². The Bertz CT molecular complexity index is 652. The van der Waals surface area contributed by atoms with Gasteiger partial charge in [0.25, 0.3) is 5.91 Å². The Morgan fingerprint density at radius 2 is 2.09 bits per heavy atom. The minimum Gasteiger partial charge on any atom is -0.323 e. The van der Waals surface area contributed by atoms with Crippen molar-refractivity contribution in [2.75, 3.05) is 0 Å². The van der Waals surface area contributed by atoms with Crippen molar-refractivity contribution in [2.45, 2.75) is 64.0 Å². The van der Waals surface area contributed by atoms with E-state index in [9.17, 15) is 9.59 Å². The van der Waals surface area contributed by atoms with Gasteiger partial charge in [-0.2, -0.15) is 4.37 Å². The summed E-state index contributed by atoms with van der Waals surface area (Å²) in [6, 6.07) is -0.289. The van der Waals surface area contributed by atoms with Crippen molar-refractivity contribution >= 4 is 23.5 Å². The van der Waals surface area contributed by atoms with Crippen LogP contribution in [0.1, 0.15) is 62.7 Å². The van der Waals surface area contributed by atoms with Gasteiger partial charge in [-0.1, -0.05) is 13.8 Å². The van der Waals surface area contributed by atoms with Gasteiger partial charge in [-0.15, -0.1) is 0 Å². The Labute approximate surface area is 133 Å². The number of nitrogens with one attached hydrogen (secondary N) is 1. The summed E-state index contributed by atoms with van der Waals surface area (Å²) in [6.07, 6.45) is 4.95. The molecule has 2 saturated carbocycles. The Morgan fingerprint density at radius 3 is 2.73 bits per heavy atom. The van der Waals surface area contributed by atoms with Crippen LogP contribution >= 0.6 is 11.5 Å². The zero-order valence-electron chi connectivity index (χ0n) is 12.9. The fraction of sp³-hybridized carbons (Fsp3) is 0.733. The highest BCUT2D eigenvalue weighted by atomic mass is 32.1. The first-order chi connectivity index (χ1) is 10.4. The van der Waals surface area contributed by atoms with E-state index < -0.39 is 5.54 Å². The van der Waals surface area contributed by atoms with E-state index in [2.05, 4.69) is 28.5 Å². The van der Waals surface area contributed by atoms with Gasteiger partial charge in [0, 0.05) is 5.92 Å². The molecule has 1 N–H and O–H groups in total. The van der Waals surface area contributed by atoms with E-state index in [-0.39, 0.29) is 23.9 Å². The molecule has 0 bridgehead atoms. The summed E-state index contributed by atoms with van der Waals surface area (Å²) in [5, 5.41) is 3.72. The van der Waals surface area contributed by atoms with Gasteiger partial charge >= 0.3 is 6.03 Å². The summed E-state index contributed by atoms with van der Waals surface area (Å²) in [5.74, 6) is 1.28. The summed E-state index contributed by atoms with van der Waals surface area (Å²) < 4.78 is 4.35. The third-order valence-electron chi connectivity index (χ3n) is 5.40. The molecule has 1 spiro atoms. The predicted octanol–water partition coefficient (Wildman–Crippen LogP) is 2.42. The highest BCUT2D eigenvalue weighted by molar-refractivity contribution is 7.05. The molecule has 1 aromatic heterocycles. The molecule has 3 aliphatic rings. The zero-order chi connectivity index (χ0) is 15.5. The van der Waals surface area contributed by atoms with Crippen LogP contribution in [-0.2, 0) is 11.3 Å². The Balaban J connectivity index is 1.57. The van der Waals surface area contributed by atoms with Gasteiger partial charge in [-0.05, 0) is 49.1 Å². The molecule has 2 aliphatic carbocycles. The molecule has 0 aromatic carbocycles. The van der Waals surface area contributed by atoms with Crippen LogP contribution in [-0.4, -0.2) is 31.7 Å². The molecule has 7 heteroatoms. The van der Waals surface area contributed by atoms with Crippen molar-refractivity contribution in [1.82, 2.24) is 19.6 Å². The van der Waals surface area contributed by atoms with Crippen molar-refractivity contribution < 1.29 is 9.59 Å². The summed E-state index contributed by atoms with van der Waals surface area (Å²) in [4.78, 5) is 31.1. The topological polar surface area (TPSA) is 75.2 Å². The molecule has 1 aromatic rings. The molecule has 2 heterocycles. The van der Waals surface area contributed by atoms with Crippen LogP contribution in [0.5, 0.6) is 0 Å². The maximum absolute atomic E-state index is 12.9. The average Bonchev–Trinajstić information content (AvgIpc) is 3.06. The zero-order valence-corrected chi connectivity index (χ0v) is 13.7. The normalized spacial score (nSPS) is 30.4. The lowest BCUT2D eigenvalue weighted by atomic mass is 9.75. The molecule has 3 amide bonds. The number of carbonyl (C=O) groups excluding carboxylic acids is 2. The number of hydrogen-bond acceptors (Lipinski definition) is 5. The van der Waals surface area contributed by atoms with E-state index in [1.54, 1.807) is 0 Å².